The van der Waals surface area contributed by atoms with E-state index in [4.69, 9.17) is 14.2 Å². The van der Waals surface area contributed by atoms with E-state index in [2.05, 4.69) is 5.32 Å². The van der Waals surface area contributed by atoms with Crippen LogP contribution in [0.3, 0.4) is 0 Å². The van der Waals surface area contributed by atoms with Gasteiger partial charge in [-0.2, -0.15) is 0 Å². The molecule has 5 heteroatoms. The van der Waals surface area contributed by atoms with Crippen LogP contribution in [0.2, 0.25) is 0 Å². The van der Waals surface area contributed by atoms with Gasteiger partial charge in [-0.15, -0.1) is 0 Å². The van der Waals surface area contributed by atoms with E-state index in [-0.39, 0.29) is 17.6 Å². The molecular weight excluding hydrogens is 318 g/mol. The van der Waals surface area contributed by atoms with Crippen molar-refractivity contribution in [2.45, 2.75) is 31.9 Å². The Kier molecular flexibility index (Phi) is 4.57. The van der Waals surface area contributed by atoms with Crippen molar-refractivity contribution in [2.24, 2.45) is 0 Å². The fourth-order valence-electron chi connectivity index (χ4n) is 3.09. The topological polar surface area (TPSA) is 56.8 Å². The highest BCUT2D eigenvalue weighted by molar-refractivity contribution is 5.94. The molecule has 1 aliphatic heterocycles. The van der Waals surface area contributed by atoms with E-state index in [1.54, 1.807) is 32.4 Å². The number of rotatable bonds is 4. The summed E-state index contributed by atoms with van der Waals surface area (Å²) in [5.74, 6) is 1.99. The lowest BCUT2D eigenvalue weighted by molar-refractivity contribution is 0.0617. The van der Waals surface area contributed by atoms with Crippen molar-refractivity contribution >= 4 is 5.91 Å². The van der Waals surface area contributed by atoms with E-state index >= 15 is 0 Å². The van der Waals surface area contributed by atoms with Crippen molar-refractivity contribution < 1.29 is 19.0 Å². The number of methoxy groups -OCH3 is 2. The van der Waals surface area contributed by atoms with Crippen molar-refractivity contribution in [1.82, 2.24) is 5.32 Å². The van der Waals surface area contributed by atoms with E-state index in [0.717, 1.165) is 17.1 Å². The first-order chi connectivity index (χ1) is 11.9. The van der Waals surface area contributed by atoms with Crippen molar-refractivity contribution in [1.29, 1.82) is 0 Å². The molecule has 1 amide bonds. The lowest BCUT2D eigenvalue weighted by Crippen LogP contribution is -2.41. The Morgan fingerprint density at radius 3 is 2.56 bits per heavy atom. The maximum Gasteiger partial charge on any atom is 0.251 e. The number of ether oxygens (including phenoxy) is 3. The highest BCUT2D eigenvalue weighted by Gasteiger charge is 2.35. The Hall–Kier alpha value is -2.69. The Morgan fingerprint density at radius 1 is 1.12 bits per heavy atom. The molecule has 0 aliphatic carbocycles. The van der Waals surface area contributed by atoms with Gasteiger partial charge in [0.1, 0.15) is 22.8 Å². The molecule has 1 unspecified atom stereocenters. The minimum Gasteiger partial charge on any atom is -0.497 e. The van der Waals surface area contributed by atoms with Gasteiger partial charge in [0.15, 0.2) is 0 Å². The van der Waals surface area contributed by atoms with Gasteiger partial charge in [0.2, 0.25) is 0 Å². The third-order valence-electron chi connectivity index (χ3n) is 4.32. The summed E-state index contributed by atoms with van der Waals surface area (Å²) in [5.41, 5.74) is 1.14. The van der Waals surface area contributed by atoms with E-state index in [1.807, 2.05) is 38.1 Å². The SMILES string of the molecule is COc1cccc(C(=O)NC2CC(C)(C)Oc3cc(OC)ccc32)c1. The molecule has 2 aromatic rings. The minimum atomic E-state index is -0.383. The number of hydrogen-bond donors (Lipinski definition) is 1. The Labute approximate surface area is 147 Å². The number of fused-ring (bicyclic) bond motifs is 1. The summed E-state index contributed by atoms with van der Waals surface area (Å²) in [5, 5.41) is 3.12. The first kappa shape index (κ1) is 17.1. The molecule has 132 valence electrons. The fraction of sp³-hybridized carbons (Fsp3) is 0.350. The average molecular weight is 341 g/mol. The van der Waals surface area contributed by atoms with Gasteiger partial charge in [0, 0.05) is 23.6 Å². The van der Waals surface area contributed by atoms with Crippen LogP contribution in [0.4, 0.5) is 0 Å². The largest absolute Gasteiger partial charge is 0.497 e. The average Bonchev–Trinajstić information content (AvgIpc) is 2.60. The summed E-state index contributed by atoms with van der Waals surface area (Å²) in [4.78, 5) is 12.7. The molecule has 0 radical (unpaired) electrons. The number of nitrogens with one attached hydrogen (secondary N) is 1. The van der Waals surface area contributed by atoms with E-state index in [1.165, 1.54) is 0 Å². The van der Waals surface area contributed by atoms with Crippen LogP contribution in [0.1, 0.15) is 42.2 Å². The molecule has 0 saturated carbocycles. The summed E-state index contributed by atoms with van der Waals surface area (Å²) in [7, 11) is 3.21. The van der Waals surface area contributed by atoms with Gasteiger partial charge in [0.05, 0.1) is 20.3 Å². The molecule has 0 saturated heterocycles. The zero-order chi connectivity index (χ0) is 18.0. The molecule has 5 nitrogen and oxygen atoms in total. The summed E-state index contributed by atoms with van der Waals surface area (Å²) in [6, 6.07) is 12.7. The molecule has 0 fully saturated rings. The Morgan fingerprint density at radius 2 is 1.84 bits per heavy atom. The lowest BCUT2D eigenvalue weighted by Gasteiger charge is -2.38. The first-order valence-electron chi connectivity index (χ1n) is 8.24. The van der Waals surface area contributed by atoms with Gasteiger partial charge in [-0.05, 0) is 44.2 Å². The lowest BCUT2D eigenvalue weighted by atomic mass is 9.89. The van der Waals surface area contributed by atoms with Crippen LogP contribution in [0.25, 0.3) is 0 Å². The van der Waals surface area contributed by atoms with Crippen LogP contribution >= 0.6 is 0 Å². The molecule has 2 aromatic carbocycles. The molecule has 0 aromatic heterocycles. The fourth-order valence-corrected chi connectivity index (χ4v) is 3.09. The maximum absolute atomic E-state index is 12.7. The number of carbonyl (C=O) groups excluding carboxylic acids is 1. The van der Waals surface area contributed by atoms with Crippen molar-refractivity contribution in [3.8, 4) is 17.2 Å². The molecule has 1 heterocycles. The molecule has 1 aliphatic rings. The van der Waals surface area contributed by atoms with Crippen molar-refractivity contribution in [3.63, 3.8) is 0 Å². The van der Waals surface area contributed by atoms with E-state index in [0.29, 0.717) is 17.7 Å². The smallest absolute Gasteiger partial charge is 0.251 e. The predicted octanol–water partition coefficient (Wildman–Crippen LogP) is 3.74. The predicted molar refractivity (Wildman–Crippen MR) is 95.5 cm³/mol. The van der Waals surface area contributed by atoms with Crippen LogP contribution in [-0.4, -0.2) is 25.7 Å². The van der Waals surface area contributed by atoms with Gasteiger partial charge in [-0.3, -0.25) is 4.79 Å². The Bertz CT molecular complexity index is 785. The second-order valence-electron chi connectivity index (χ2n) is 6.73. The first-order valence-corrected chi connectivity index (χ1v) is 8.24. The van der Waals surface area contributed by atoms with Gasteiger partial charge in [-0.1, -0.05) is 6.07 Å². The van der Waals surface area contributed by atoms with E-state index in [9.17, 15) is 4.79 Å². The van der Waals surface area contributed by atoms with Crippen LogP contribution in [0, 0.1) is 0 Å². The maximum atomic E-state index is 12.7. The molecule has 0 spiro atoms. The molecule has 25 heavy (non-hydrogen) atoms. The zero-order valence-electron chi connectivity index (χ0n) is 15.0. The summed E-state index contributed by atoms with van der Waals surface area (Å²) < 4.78 is 16.5. The third-order valence-corrected chi connectivity index (χ3v) is 4.32. The number of amides is 1. The highest BCUT2D eigenvalue weighted by Crippen LogP contribution is 2.41. The number of carbonyl (C=O) groups is 1. The standard InChI is InChI=1S/C20H23NO4/c1-20(2)12-17(16-9-8-15(24-4)11-18(16)25-20)21-19(22)13-6-5-7-14(10-13)23-3/h5-11,17H,12H2,1-4H3,(H,21,22). The van der Waals surface area contributed by atoms with Crippen molar-refractivity contribution in [3.05, 3.63) is 53.6 Å². The quantitative estimate of drug-likeness (QED) is 0.920. The van der Waals surface area contributed by atoms with Gasteiger partial charge in [-0.25, -0.2) is 0 Å². The van der Waals surface area contributed by atoms with E-state index < -0.39 is 0 Å². The highest BCUT2D eigenvalue weighted by atomic mass is 16.5. The summed E-state index contributed by atoms with van der Waals surface area (Å²) >= 11 is 0. The van der Waals surface area contributed by atoms with Crippen LogP contribution in [0.15, 0.2) is 42.5 Å². The summed E-state index contributed by atoms with van der Waals surface area (Å²) in [6.07, 6.45) is 0.683. The van der Waals surface area contributed by atoms with Crippen molar-refractivity contribution in [2.75, 3.05) is 14.2 Å². The Balaban J connectivity index is 1.88. The van der Waals surface area contributed by atoms with Crippen LogP contribution in [0.5, 0.6) is 17.2 Å². The van der Waals surface area contributed by atoms with Crippen LogP contribution in [-0.2, 0) is 0 Å². The number of benzene rings is 2. The second kappa shape index (κ2) is 6.67. The monoisotopic (exact) mass is 341 g/mol. The summed E-state index contributed by atoms with van der Waals surface area (Å²) in [6.45, 7) is 4.03. The molecule has 1 atom stereocenters. The molecule has 3 rings (SSSR count). The minimum absolute atomic E-state index is 0.136. The third kappa shape index (κ3) is 3.71. The zero-order valence-corrected chi connectivity index (χ0v) is 15.0. The molecule has 1 N–H and O–H groups in total. The second-order valence-corrected chi connectivity index (χ2v) is 6.73. The van der Waals surface area contributed by atoms with Gasteiger partial charge < -0.3 is 19.5 Å². The molecular formula is C20H23NO4. The van der Waals surface area contributed by atoms with Gasteiger partial charge >= 0.3 is 0 Å². The number of hydrogen-bond acceptors (Lipinski definition) is 4. The normalized spacial score (nSPS) is 17.8. The van der Waals surface area contributed by atoms with Crippen LogP contribution < -0.4 is 19.5 Å². The van der Waals surface area contributed by atoms with Gasteiger partial charge in [0.25, 0.3) is 5.91 Å². The molecule has 0 bridgehead atoms.